The molecule has 0 aromatic heterocycles. The van der Waals surface area contributed by atoms with Gasteiger partial charge in [0.05, 0.1) is 13.2 Å². The second kappa shape index (κ2) is 6.75. The van der Waals surface area contributed by atoms with Gasteiger partial charge in [-0.1, -0.05) is 12.1 Å². The van der Waals surface area contributed by atoms with Crippen LogP contribution >= 0.6 is 0 Å². The van der Waals surface area contributed by atoms with Crippen LogP contribution in [0.4, 0.5) is 0 Å². The largest absolute Gasteiger partial charge is 0.497 e. The minimum Gasteiger partial charge on any atom is -0.497 e. The Morgan fingerprint density at radius 1 is 1.50 bits per heavy atom. The normalized spacial score (nSPS) is 23.9. The average molecular weight is 276 g/mol. The monoisotopic (exact) mass is 276 g/mol. The number of piperidine rings is 1. The highest BCUT2D eigenvalue weighted by Gasteiger charge is 2.25. The van der Waals surface area contributed by atoms with Crippen molar-refractivity contribution in [2.45, 2.75) is 38.8 Å². The van der Waals surface area contributed by atoms with Gasteiger partial charge in [0.15, 0.2) is 0 Å². The fraction of sp³-hybridized carbons (Fsp3) is 0.562. The Morgan fingerprint density at radius 2 is 2.30 bits per heavy atom. The van der Waals surface area contributed by atoms with E-state index in [1.165, 1.54) is 0 Å². The molecule has 2 rings (SSSR count). The van der Waals surface area contributed by atoms with Gasteiger partial charge >= 0.3 is 0 Å². The van der Waals surface area contributed by atoms with E-state index in [2.05, 4.69) is 17.6 Å². The van der Waals surface area contributed by atoms with E-state index in [4.69, 9.17) is 4.74 Å². The lowest BCUT2D eigenvalue weighted by atomic mass is 9.92. The van der Waals surface area contributed by atoms with E-state index in [-0.39, 0.29) is 17.9 Å². The van der Waals surface area contributed by atoms with Gasteiger partial charge in [0, 0.05) is 12.0 Å². The maximum atomic E-state index is 12.3. The third-order valence-electron chi connectivity index (χ3n) is 3.95. The minimum atomic E-state index is 0.00259. The molecule has 4 nitrogen and oxygen atoms in total. The summed E-state index contributed by atoms with van der Waals surface area (Å²) in [6.45, 7) is 5.06. The molecule has 0 bridgehead atoms. The standard InChI is InChI=1S/C16H24N2O2/c1-11-9-14(7-8-17-11)16(19)18-12(2)13-5-4-6-15(10-13)20-3/h4-6,10-12,14,17H,7-9H2,1-3H3,(H,18,19). The summed E-state index contributed by atoms with van der Waals surface area (Å²) < 4.78 is 5.22. The quantitative estimate of drug-likeness (QED) is 0.887. The number of amides is 1. The highest BCUT2D eigenvalue weighted by atomic mass is 16.5. The van der Waals surface area contributed by atoms with Gasteiger partial charge in [0.1, 0.15) is 5.75 Å². The molecule has 0 aliphatic carbocycles. The fourth-order valence-corrected chi connectivity index (χ4v) is 2.70. The van der Waals surface area contributed by atoms with Crippen LogP contribution < -0.4 is 15.4 Å². The third-order valence-corrected chi connectivity index (χ3v) is 3.95. The second-order valence-corrected chi connectivity index (χ2v) is 5.58. The predicted octanol–water partition coefficient (Wildman–Crippen LogP) is 2.26. The Balaban J connectivity index is 1.96. The lowest BCUT2D eigenvalue weighted by Crippen LogP contribution is -2.42. The van der Waals surface area contributed by atoms with Gasteiger partial charge in [0.2, 0.25) is 5.91 Å². The van der Waals surface area contributed by atoms with Crippen LogP contribution in [-0.2, 0) is 4.79 Å². The first-order valence-corrected chi connectivity index (χ1v) is 7.28. The van der Waals surface area contributed by atoms with Crippen molar-refractivity contribution < 1.29 is 9.53 Å². The number of rotatable bonds is 4. The van der Waals surface area contributed by atoms with E-state index < -0.39 is 0 Å². The Bertz CT molecular complexity index is 462. The molecular formula is C16H24N2O2. The summed E-state index contributed by atoms with van der Waals surface area (Å²) in [5.74, 6) is 1.10. The highest BCUT2D eigenvalue weighted by molar-refractivity contribution is 5.79. The number of hydrogen-bond donors (Lipinski definition) is 2. The molecule has 20 heavy (non-hydrogen) atoms. The number of carbonyl (C=O) groups excluding carboxylic acids is 1. The zero-order valence-corrected chi connectivity index (χ0v) is 12.5. The Kier molecular flexibility index (Phi) is 5.01. The molecule has 0 saturated carbocycles. The van der Waals surface area contributed by atoms with E-state index in [9.17, 15) is 4.79 Å². The molecule has 1 fully saturated rings. The van der Waals surface area contributed by atoms with Crippen LogP contribution in [0.2, 0.25) is 0 Å². The lowest BCUT2D eigenvalue weighted by Gasteiger charge is -2.28. The summed E-state index contributed by atoms with van der Waals surface area (Å²) >= 11 is 0. The topological polar surface area (TPSA) is 50.4 Å². The molecule has 3 atom stereocenters. The van der Waals surface area contributed by atoms with Gasteiger partial charge < -0.3 is 15.4 Å². The third kappa shape index (κ3) is 3.73. The van der Waals surface area contributed by atoms with Crippen molar-refractivity contribution in [1.82, 2.24) is 10.6 Å². The predicted molar refractivity (Wildman–Crippen MR) is 79.7 cm³/mol. The van der Waals surface area contributed by atoms with E-state index in [1.807, 2.05) is 31.2 Å². The summed E-state index contributed by atoms with van der Waals surface area (Å²) in [5, 5.41) is 6.49. The summed E-state index contributed by atoms with van der Waals surface area (Å²) in [6, 6.07) is 8.26. The molecule has 4 heteroatoms. The first-order valence-electron chi connectivity index (χ1n) is 7.28. The maximum Gasteiger partial charge on any atom is 0.223 e. The van der Waals surface area contributed by atoms with Crippen molar-refractivity contribution in [3.8, 4) is 5.75 Å². The number of ether oxygens (including phenoxy) is 1. The van der Waals surface area contributed by atoms with E-state index in [0.29, 0.717) is 6.04 Å². The summed E-state index contributed by atoms with van der Waals surface area (Å²) in [7, 11) is 1.65. The molecule has 1 heterocycles. The SMILES string of the molecule is COc1cccc(C(C)NC(=O)C2CCNC(C)C2)c1. The van der Waals surface area contributed by atoms with Crippen LogP contribution in [-0.4, -0.2) is 25.6 Å². The number of benzene rings is 1. The maximum absolute atomic E-state index is 12.3. The van der Waals surface area contributed by atoms with Crippen molar-refractivity contribution >= 4 is 5.91 Å². The van der Waals surface area contributed by atoms with Gasteiger partial charge in [-0.15, -0.1) is 0 Å². The van der Waals surface area contributed by atoms with Crippen LogP contribution in [0.25, 0.3) is 0 Å². The molecule has 1 aromatic rings. The van der Waals surface area contributed by atoms with Crippen molar-refractivity contribution in [3.63, 3.8) is 0 Å². The number of hydrogen-bond acceptors (Lipinski definition) is 3. The zero-order valence-electron chi connectivity index (χ0n) is 12.5. The zero-order chi connectivity index (χ0) is 14.5. The molecule has 2 N–H and O–H groups in total. The molecule has 0 spiro atoms. The second-order valence-electron chi connectivity index (χ2n) is 5.58. The molecule has 3 unspecified atom stereocenters. The molecule has 1 aromatic carbocycles. The highest BCUT2D eigenvalue weighted by Crippen LogP contribution is 2.21. The minimum absolute atomic E-state index is 0.00259. The summed E-state index contributed by atoms with van der Waals surface area (Å²) in [6.07, 6.45) is 1.83. The Hall–Kier alpha value is -1.55. The number of methoxy groups -OCH3 is 1. The number of carbonyl (C=O) groups is 1. The van der Waals surface area contributed by atoms with Gasteiger partial charge in [-0.05, 0) is 50.9 Å². The van der Waals surface area contributed by atoms with Crippen molar-refractivity contribution in [2.75, 3.05) is 13.7 Å². The van der Waals surface area contributed by atoms with Crippen molar-refractivity contribution in [2.24, 2.45) is 5.92 Å². The first kappa shape index (κ1) is 14.9. The summed E-state index contributed by atoms with van der Waals surface area (Å²) in [5.41, 5.74) is 1.07. The average Bonchev–Trinajstić information content (AvgIpc) is 2.47. The van der Waals surface area contributed by atoms with Crippen LogP contribution in [0.1, 0.15) is 38.3 Å². The van der Waals surface area contributed by atoms with Gasteiger partial charge in [-0.3, -0.25) is 4.79 Å². The van der Waals surface area contributed by atoms with Gasteiger partial charge in [-0.2, -0.15) is 0 Å². The molecule has 110 valence electrons. The van der Waals surface area contributed by atoms with Crippen LogP contribution in [0, 0.1) is 5.92 Å². The fourth-order valence-electron chi connectivity index (χ4n) is 2.70. The lowest BCUT2D eigenvalue weighted by molar-refractivity contribution is -0.126. The Morgan fingerprint density at radius 3 is 3.00 bits per heavy atom. The summed E-state index contributed by atoms with van der Waals surface area (Å²) in [4.78, 5) is 12.3. The molecule has 1 aliphatic heterocycles. The first-order chi connectivity index (χ1) is 9.60. The molecule has 1 aliphatic rings. The van der Waals surface area contributed by atoms with Crippen LogP contribution in [0.3, 0.4) is 0 Å². The molecular weight excluding hydrogens is 252 g/mol. The molecule has 1 amide bonds. The van der Waals surface area contributed by atoms with E-state index >= 15 is 0 Å². The molecule has 0 radical (unpaired) electrons. The smallest absolute Gasteiger partial charge is 0.223 e. The Labute approximate surface area is 120 Å². The van der Waals surface area contributed by atoms with E-state index in [0.717, 1.165) is 30.7 Å². The van der Waals surface area contributed by atoms with Crippen LogP contribution in [0.5, 0.6) is 5.75 Å². The number of nitrogens with one attached hydrogen (secondary N) is 2. The van der Waals surface area contributed by atoms with Crippen molar-refractivity contribution in [1.29, 1.82) is 0 Å². The van der Waals surface area contributed by atoms with Gasteiger partial charge in [-0.25, -0.2) is 0 Å². The van der Waals surface area contributed by atoms with Crippen molar-refractivity contribution in [3.05, 3.63) is 29.8 Å². The van der Waals surface area contributed by atoms with Crippen LogP contribution in [0.15, 0.2) is 24.3 Å². The molecule has 1 saturated heterocycles. The van der Waals surface area contributed by atoms with E-state index in [1.54, 1.807) is 7.11 Å². The van der Waals surface area contributed by atoms with Gasteiger partial charge in [0.25, 0.3) is 0 Å².